The summed E-state index contributed by atoms with van der Waals surface area (Å²) in [4.78, 5) is 0. The van der Waals surface area contributed by atoms with Crippen LogP contribution in [0.25, 0.3) is 0 Å². The van der Waals surface area contributed by atoms with Crippen molar-refractivity contribution in [2.45, 2.75) is 6.42 Å². The molecule has 0 radical (unpaired) electrons. The Morgan fingerprint density at radius 2 is 2.43 bits per heavy atom. The third-order valence-corrected chi connectivity index (χ3v) is 0.686. The van der Waals surface area contributed by atoms with Gasteiger partial charge in [-0.05, 0) is 6.42 Å². The lowest BCUT2D eigenvalue weighted by Crippen LogP contribution is -1.62. The number of rotatable bonds is 2. The van der Waals surface area contributed by atoms with Crippen molar-refractivity contribution in [2.75, 3.05) is 5.88 Å². The first-order valence-corrected chi connectivity index (χ1v) is 2.56. The summed E-state index contributed by atoms with van der Waals surface area (Å²) in [6.45, 7) is 0. The van der Waals surface area contributed by atoms with Gasteiger partial charge in [0, 0.05) is 12.0 Å². The Labute approximate surface area is 48.2 Å². The highest BCUT2D eigenvalue weighted by Gasteiger charge is 1.69. The summed E-state index contributed by atoms with van der Waals surface area (Å²) >= 11 is 5.28. The fraction of sp³-hybridized carbons (Fsp3) is 0.400. The number of nitrogens with zero attached hydrogens (tertiary/aromatic N) is 1. The summed E-state index contributed by atoms with van der Waals surface area (Å²) in [5, 5.41) is 7.91. The molecule has 0 aliphatic carbocycles. The first kappa shape index (κ1) is 6.52. The molecule has 7 heavy (non-hydrogen) atoms. The smallest absolute Gasteiger partial charge is 0.0908 e. The highest BCUT2D eigenvalue weighted by Crippen LogP contribution is 1.84. The molecule has 0 aliphatic heterocycles. The second-order valence-corrected chi connectivity index (χ2v) is 1.39. The second kappa shape index (κ2) is 5.52. The van der Waals surface area contributed by atoms with E-state index in [9.17, 15) is 0 Å². The number of allylic oxidation sites excluding steroid dienone is 2. The van der Waals surface area contributed by atoms with Gasteiger partial charge in [0.1, 0.15) is 0 Å². The van der Waals surface area contributed by atoms with Crippen LogP contribution in [0.2, 0.25) is 0 Å². The van der Waals surface area contributed by atoms with E-state index in [1.165, 1.54) is 6.08 Å². The van der Waals surface area contributed by atoms with Crippen molar-refractivity contribution in [3.8, 4) is 6.07 Å². The van der Waals surface area contributed by atoms with E-state index in [2.05, 4.69) is 0 Å². The van der Waals surface area contributed by atoms with Gasteiger partial charge in [0.15, 0.2) is 0 Å². The van der Waals surface area contributed by atoms with E-state index in [0.717, 1.165) is 6.42 Å². The number of alkyl halides is 1. The molecule has 0 aliphatic rings. The van der Waals surface area contributed by atoms with Crippen molar-refractivity contribution in [1.29, 1.82) is 5.26 Å². The maximum absolute atomic E-state index is 7.91. The highest BCUT2D eigenvalue weighted by molar-refractivity contribution is 6.17. The molecule has 0 bridgehead atoms. The average Bonchev–Trinajstić information content (AvgIpc) is 1.69. The first-order valence-electron chi connectivity index (χ1n) is 2.02. The van der Waals surface area contributed by atoms with Crippen LogP contribution >= 0.6 is 11.6 Å². The van der Waals surface area contributed by atoms with Crippen molar-refractivity contribution in [1.82, 2.24) is 0 Å². The van der Waals surface area contributed by atoms with E-state index >= 15 is 0 Å². The van der Waals surface area contributed by atoms with Crippen LogP contribution in [0, 0.1) is 11.3 Å². The zero-order valence-electron chi connectivity index (χ0n) is 3.89. The summed E-state index contributed by atoms with van der Waals surface area (Å²) in [6.07, 6.45) is 3.96. The molecule has 38 valence electrons. The lowest BCUT2D eigenvalue weighted by atomic mass is 10.4. The average molecular weight is 116 g/mol. The van der Waals surface area contributed by atoms with Gasteiger partial charge in [-0.1, -0.05) is 6.08 Å². The number of hydrogen-bond donors (Lipinski definition) is 0. The van der Waals surface area contributed by atoms with Crippen LogP contribution in [0.5, 0.6) is 0 Å². The number of halogens is 1. The Morgan fingerprint density at radius 1 is 1.71 bits per heavy atom. The molecule has 2 heteroatoms. The Balaban J connectivity index is 2.97. The monoisotopic (exact) mass is 115 g/mol. The Kier molecular flexibility index (Phi) is 5.14. The first-order chi connectivity index (χ1) is 3.41. The standard InChI is InChI=1S/C5H6ClN/c6-4-2-1-3-5-7/h1,3H,2,4H2. The van der Waals surface area contributed by atoms with E-state index in [0.29, 0.717) is 5.88 Å². The quantitative estimate of drug-likeness (QED) is 0.397. The van der Waals surface area contributed by atoms with Gasteiger partial charge in [0.05, 0.1) is 6.07 Å². The molecule has 0 saturated carbocycles. The number of nitriles is 1. The molecule has 1 nitrogen and oxygen atoms in total. The molecular weight excluding hydrogens is 110 g/mol. The van der Waals surface area contributed by atoms with Crippen LogP contribution < -0.4 is 0 Å². The summed E-state index contributed by atoms with van der Waals surface area (Å²) in [7, 11) is 0. The van der Waals surface area contributed by atoms with Gasteiger partial charge in [-0.2, -0.15) is 5.26 Å². The van der Waals surface area contributed by atoms with Crippen molar-refractivity contribution in [3.05, 3.63) is 12.2 Å². The van der Waals surface area contributed by atoms with Gasteiger partial charge in [0.2, 0.25) is 0 Å². The van der Waals surface area contributed by atoms with Crippen molar-refractivity contribution >= 4 is 11.6 Å². The molecule has 0 aromatic carbocycles. The SMILES string of the molecule is N#CC=CCCCl. The van der Waals surface area contributed by atoms with Crippen molar-refractivity contribution in [3.63, 3.8) is 0 Å². The third kappa shape index (κ3) is 5.52. The molecule has 0 aromatic rings. The fourth-order valence-corrected chi connectivity index (χ4v) is 0.325. The predicted molar refractivity (Wildman–Crippen MR) is 30.1 cm³/mol. The molecule has 0 saturated heterocycles. The minimum atomic E-state index is 0.595. The van der Waals surface area contributed by atoms with Gasteiger partial charge in [0.25, 0.3) is 0 Å². The van der Waals surface area contributed by atoms with Crippen molar-refractivity contribution in [2.24, 2.45) is 0 Å². The van der Waals surface area contributed by atoms with Crippen LogP contribution in [0.4, 0.5) is 0 Å². The molecule has 0 atom stereocenters. The third-order valence-electron chi connectivity index (χ3n) is 0.468. The molecule has 0 aromatic heterocycles. The zero-order chi connectivity index (χ0) is 5.54. The maximum atomic E-state index is 7.91. The van der Waals surface area contributed by atoms with Gasteiger partial charge >= 0.3 is 0 Å². The molecule has 0 amide bonds. The highest BCUT2D eigenvalue weighted by atomic mass is 35.5. The molecule has 0 heterocycles. The normalized spacial score (nSPS) is 9.14. The van der Waals surface area contributed by atoms with Crippen LogP contribution in [0.1, 0.15) is 6.42 Å². The lowest BCUT2D eigenvalue weighted by Gasteiger charge is -1.73. The minimum absolute atomic E-state index is 0.595. The number of hydrogen-bond acceptors (Lipinski definition) is 1. The van der Waals surface area contributed by atoms with Crippen LogP contribution in [0.3, 0.4) is 0 Å². The maximum Gasteiger partial charge on any atom is 0.0908 e. The van der Waals surface area contributed by atoms with Crippen LogP contribution in [-0.4, -0.2) is 5.88 Å². The minimum Gasteiger partial charge on any atom is -0.193 e. The van der Waals surface area contributed by atoms with Gasteiger partial charge < -0.3 is 0 Å². The summed E-state index contributed by atoms with van der Waals surface area (Å²) in [5.74, 6) is 0.595. The molecule has 0 spiro atoms. The fourth-order valence-electron chi connectivity index (χ4n) is 0.199. The van der Waals surface area contributed by atoms with E-state index in [1.807, 2.05) is 6.07 Å². The molecule has 0 unspecified atom stereocenters. The van der Waals surface area contributed by atoms with Gasteiger partial charge in [-0.25, -0.2) is 0 Å². The van der Waals surface area contributed by atoms with Crippen LogP contribution in [0.15, 0.2) is 12.2 Å². The van der Waals surface area contributed by atoms with E-state index in [1.54, 1.807) is 6.08 Å². The summed E-state index contributed by atoms with van der Waals surface area (Å²) < 4.78 is 0. The molecule has 0 fully saturated rings. The topological polar surface area (TPSA) is 23.8 Å². The van der Waals surface area contributed by atoms with Gasteiger partial charge in [-0.15, -0.1) is 11.6 Å². The second-order valence-electron chi connectivity index (χ2n) is 1.01. The Hall–Kier alpha value is -0.480. The summed E-state index contributed by atoms with van der Waals surface area (Å²) in [6, 6.07) is 1.86. The van der Waals surface area contributed by atoms with E-state index in [-0.39, 0.29) is 0 Å². The molecule has 0 rings (SSSR count). The zero-order valence-corrected chi connectivity index (χ0v) is 4.65. The summed E-state index contributed by atoms with van der Waals surface area (Å²) in [5.41, 5.74) is 0. The Bertz CT molecular complexity index is 90.7. The van der Waals surface area contributed by atoms with E-state index < -0.39 is 0 Å². The predicted octanol–water partition coefficient (Wildman–Crippen LogP) is 1.70. The molecular formula is C5H6ClN. The lowest BCUT2D eigenvalue weighted by molar-refractivity contribution is 1.23. The van der Waals surface area contributed by atoms with E-state index in [4.69, 9.17) is 16.9 Å². The Morgan fingerprint density at radius 3 is 2.86 bits per heavy atom. The van der Waals surface area contributed by atoms with Crippen molar-refractivity contribution < 1.29 is 0 Å². The molecule has 0 N–H and O–H groups in total. The largest absolute Gasteiger partial charge is 0.193 e. The van der Waals surface area contributed by atoms with Gasteiger partial charge in [-0.3, -0.25) is 0 Å². The van der Waals surface area contributed by atoms with Crippen LogP contribution in [-0.2, 0) is 0 Å².